The van der Waals surface area contributed by atoms with Gasteiger partial charge < -0.3 is 9.80 Å². The summed E-state index contributed by atoms with van der Waals surface area (Å²) in [6, 6.07) is 7.24. The Morgan fingerprint density at radius 3 is 2.73 bits per heavy atom. The maximum Gasteiger partial charge on any atom is 0.417 e. The highest BCUT2D eigenvalue weighted by Gasteiger charge is 2.32. The second-order valence-electron chi connectivity index (χ2n) is 8.12. The molecule has 2 aromatic rings. The van der Waals surface area contributed by atoms with Gasteiger partial charge in [-0.15, -0.1) is 0 Å². The van der Waals surface area contributed by atoms with Gasteiger partial charge in [0.15, 0.2) is 0 Å². The summed E-state index contributed by atoms with van der Waals surface area (Å²) in [6.45, 7) is 5.49. The Balaban J connectivity index is 1.68. The van der Waals surface area contributed by atoms with Crippen molar-refractivity contribution < 1.29 is 13.2 Å². The smallest absolute Gasteiger partial charge is 0.359 e. The Bertz CT molecular complexity index is 795. The van der Waals surface area contributed by atoms with Crippen LogP contribution in [-0.2, 0) is 12.6 Å². The molecule has 0 amide bonds. The van der Waals surface area contributed by atoms with Crippen molar-refractivity contribution in [3.8, 4) is 0 Å². The number of anilines is 1. The minimum Gasteiger partial charge on any atom is -0.359 e. The van der Waals surface area contributed by atoms with E-state index >= 15 is 0 Å². The fourth-order valence-corrected chi connectivity index (χ4v) is 4.06. The summed E-state index contributed by atoms with van der Waals surface area (Å²) in [7, 11) is 1.92. The number of hydrogen-bond acceptors (Lipinski definition) is 4. The quantitative estimate of drug-likeness (QED) is 0.525. The maximum absolute atomic E-state index is 13.3. The van der Waals surface area contributed by atoms with Crippen LogP contribution in [0.15, 0.2) is 36.7 Å². The zero-order valence-corrected chi connectivity index (χ0v) is 17.8. The molecule has 0 spiro atoms. The minimum absolute atomic E-state index is 0.391. The first-order valence-electron chi connectivity index (χ1n) is 10.8. The molecule has 164 valence electrons. The van der Waals surface area contributed by atoms with Crippen LogP contribution in [0.3, 0.4) is 0 Å². The summed E-state index contributed by atoms with van der Waals surface area (Å²) >= 11 is 0. The van der Waals surface area contributed by atoms with Gasteiger partial charge in [0.1, 0.15) is 5.82 Å². The molecule has 2 aromatic heterocycles. The molecule has 4 nitrogen and oxygen atoms in total. The van der Waals surface area contributed by atoms with Gasteiger partial charge in [-0.25, -0.2) is 4.98 Å². The Labute approximate surface area is 177 Å². The number of hydrogen-bond donors (Lipinski definition) is 0. The molecule has 0 bridgehead atoms. The lowest BCUT2D eigenvalue weighted by Gasteiger charge is -2.23. The molecule has 1 aliphatic rings. The fourth-order valence-electron chi connectivity index (χ4n) is 4.06. The third-order valence-corrected chi connectivity index (χ3v) is 5.80. The van der Waals surface area contributed by atoms with Gasteiger partial charge in [0.25, 0.3) is 0 Å². The summed E-state index contributed by atoms with van der Waals surface area (Å²) in [6.07, 6.45) is 3.19. The second-order valence-corrected chi connectivity index (χ2v) is 8.12. The number of alkyl halides is 3. The van der Waals surface area contributed by atoms with E-state index in [1.807, 2.05) is 36.3 Å². The number of unbranched alkanes of at least 4 members (excludes halogenated alkanes) is 2. The van der Waals surface area contributed by atoms with Crippen LogP contribution < -0.4 is 4.90 Å². The van der Waals surface area contributed by atoms with Crippen LogP contribution in [0.5, 0.6) is 0 Å². The van der Waals surface area contributed by atoms with Crippen molar-refractivity contribution in [3.05, 3.63) is 53.5 Å². The monoisotopic (exact) mass is 420 g/mol. The normalized spacial score (nSPS) is 17.4. The first kappa shape index (κ1) is 22.5. The predicted octanol–water partition coefficient (Wildman–Crippen LogP) is 5.15. The Morgan fingerprint density at radius 1 is 1.20 bits per heavy atom. The molecule has 1 atom stereocenters. The van der Waals surface area contributed by atoms with E-state index in [1.54, 1.807) is 0 Å². The lowest BCUT2D eigenvalue weighted by molar-refractivity contribution is -0.137. The highest BCUT2D eigenvalue weighted by atomic mass is 19.4. The third kappa shape index (κ3) is 5.94. The standard InChI is InChI=1S/C23H31F3N4/c1-3-4-7-12-29(2)22-18(15-20(16-28-22)23(24,25)26)9-13-30-14-10-19(17-30)21-8-5-6-11-27-21/h5-6,8,11,15-16,19H,3-4,7,9-10,12-14,17H2,1-2H3. The van der Waals surface area contributed by atoms with Crippen molar-refractivity contribution in [2.45, 2.75) is 51.1 Å². The largest absolute Gasteiger partial charge is 0.417 e. The van der Waals surface area contributed by atoms with Crippen molar-refractivity contribution in [2.24, 2.45) is 0 Å². The maximum atomic E-state index is 13.3. The molecule has 3 rings (SSSR count). The van der Waals surface area contributed by atoms with E-state index in [0.29, 0.717) is 23.7 Å². The molecule has 0 aliphatic carbocycles. The molecule has 0 radical (unpaired) electrons. The lowest BCUT2D eigenvalue weighted by Crippen LogP contribution is -2.26. The molecular formula is C23H31F3N4. The topological polar surface area (TPSA) is 32.3 Å². The van der Waals surface area contributed by atoms with Crippen LogP contribution in [-0.4, -0.2) is 48.1 Å². The minimum atomic E-state index is -4.38. The molecule has 1 saturated heterocycles. The van der Waals surface area contributed by atoms with Crippen LogP contribution in [0.1, 0.15) is 55.3 Å². The molecule has 3 heterocycles. The van der Waals surface area contributed by atoms with Crippen molar-refractivity contribution in [1.82, 2.24) is 14.9 Å². The summed E-state index contributed by atoms with van der Waals surface area (Å²) < 4.78 is 39.8. The van der Waals surface area contributed by atoms with Crippen LogP contribution in [0.25, 0.3) is 0 Å². The van der Waals surface area contributed by atoms with Crippen LogP contribution >= 0.6 is 0 Å². The van der Waals surface area contributed by atoms with Gasteiger partial charge in [0.2, 0.25) is 0 Å². The number of pyridine rings is 2. The average molecular weight is 421 g/mol. The van der Waals surface area contributed by atoms with Crippen molar-refractivity contribution in [3.63, 3.8) is 0 Å². The first-order valence-corrected chi connectivity index (χ1v) is 10.8. The van der Waals surface area contributed by atoms with Gasteiger partial charge in [0, 0.05) is 50.7 Å². The van der Waals surface area contributed by atoms with Crippen molar-refractivity contribution in [2.75, 3.05) is 38.1 Å². The van der Waals surface area contributed by atoms with Crippen LogP contribution in [0, 0.1) is 0 Å². The highest BCUT2D eigenvalue weighted by Crippen LogP contribution is 2.32. The average Bonchev–Trinajstić information content (AvgIpc) is 3.21. The van der Waals surface area contributed by atoms with Crippen LogP contribution in [0.2, 0.25) is 0 Å². The van der Waals surface area contributed by atoms with E-state index < -0.39 is 11.7 Å². The number of nitrogens with zero attached hydrogens (tertiary/aromatic N) is 4. The molecule has 0 N–H and O–H groups in total. The molecule has 1 aliphatic heterocycles. The summed E-state index contributed by atoms with van der Waals surface area (Å²) in [5.74, 6) is 1.06. The molecule has 0 aromatic carbocycles. The van der Waals surface area contributed by atoms with Crippen molar-refractivity contribution >= 4 is 5.82 Å². The Morgan fingerprint density at radius 2 is 2.03 bits per heavy atom. The zero-order chi connectivity index (χ0) is 21.6. The Hall–Kier alpha value is -2.15. The first-order chi connectivity index (χ1) is 14.4. The lowest BCUT2D eigenvalue weighted by atomic mass is 10.0. The second kappa shape index (κ2) is 10.2. The number of aromatic nitrogens is 2. The summed E-state index contributed by atoms with van der Waals surface area (Å²) in [5.41, 5.74) is 1.10. The van der Waals surface area contributed by atoms with Gasteiger partial charge in [-0.3, -0.25) is 4.98 Å². The number of likely N-dealkylation sites (tertiary alicyclic amines) is 1. The van der Waals surface area contributed by atoms with Crippen molar-refractivity contribution in [1.29, 1.82) is 0 Å². The number of rotatable bonds is 9. The van der Waals surface area contributed by atoms with E-state index in [4.69, 9.17) is 0 Å². The van der Waals surface area contributed by atoms with Gasteiger partial charge in [0.05, 0.1) is 5.56 Å². The SMILES string of the molecule is CCCCCN(C)c1ncc(C(F)(F)F)cc1CCN1CCC(c2ccccn2)C1. The molecule has 7 heteroatoms. The third-order valence-electron chi connectivity index (χ3n) is 5.80. The molecule has 1 unspecified atom stereocenters. The summed E-state index contributed by atoms with van der Waals surface area (Å²) in [5, 5.41) is 0. The van der Waals surface area contributed by atoms with E-state index in [2.05, 4.69) is 21.8 Å². The van der Waals surface area contributed by atoms with Gasteiger partial charge in [-0.1, -0.05) is 25.8 Å². The molecule has 0 saturated carbocycles. The van der Waals surface area contributed by atoms with Crippen LogP contribution in [0.4, 0.5) is 19.0 Å². The molecular weight excluding hydrogens is 389 g/mol. The fraction of sp³-hybridized carbons (Fsp3) is 0.565. The van der Waals surface area contributed by atoms with E-state index in [1.165, 1.54) is 6.07 Å². The number of halogens is 3. The summed E-state index contributed by atoms with van der Waals surface area (Å²) in [4.78, 5) is 13.0. The van der Waals surface area contributed by atoms with Gasteiger partial charge in [-0.05, 0) is 49.6 Å². The molecule has 1 fully saturated rings. The van der Waals surface area contributed by atoms with Gasteiger partial charge >= 0.3 is 6.18 Å². The molecule has 30 heavy (non-hydrogen) atoms. The predicted molar refractivity (Wildman–Crippen MR) is 114 cm³/mol. The Kier molecular flexibility index (Phi) is 7.69. The van der Waals surface area contributed by atoms with E-state index in [0.717, 1.165) is 63.8 Å². The van der Waals surface area contributed by atoms with E-state index in [9.17, 15) is 13.2 Å². The zero-order valence-electron chi connectivity index (χ0n) is 17.8. The van der Waals surface area contributed by atoms with Gasteiger partial charge in [-0.2, -0.15) is 13.2 Å². The highest BCUT2D eigenvalue weighted by molar-refractivity contribution is 5.48. The van der Waals surface area contributed by atoms with E-state index in [-0.39, 0.29) is 0 Å².